The van der Waals surface area contributed by atoms with E-state index < -0.39 is 5.60 Å². The molecule has 0 bridgehead atoms. The molecule has 1 unspecified atom stereocenters. The van der Waals surface area contributed by atoms with Crippen LogP contribution >= 0.6 is 34.7 Å². The Kier molecular flexibility index (Phi) is 4.00. The van der Waals surface area contributed by atoms with Crippen LogP contribution in [0.3, 0.4) is 0 Å². The SMILES string of the molecule is OC(c1ccccc1)(c1cnsc1)c1ccc(Cl)cc1Cl. The molecule has 106 valence electrons. The minimum Gasteiger partial charge on any atom is -0.376 e. The van der Waals surface area contributed by atoms with E-state index in [1.807, 2.05) is 35.7 Å². The van der Waals surface area contributed by atoms with Gasteiger partial charge in [-0.2, -0.15) is 0 Å². The topological polar surface area (TPSA) is 33.1 Å². The Bertz CT molecular complexity index is 746. The van der Waals surface area contributed by atoms with Gasteiger partial charge >= 0.3 is 0 Å². The Morgan fingerprint density at radius 1 is 1.00 bits per heavy atom. The van der Waals surface area contributed by atoms with E-state index in [0.717, 1.165) is 5.56 Å². The van der Waals surface area contributed by atoms with Crippen LogP contribution in [0.25, 0.3) is 0 Å². The van der Waals surface area contributed by atoms with E-state index in [1.165, 1.54) is 11.5 Å². The van der Waals surface area contributed by atoms with Crippen molar-refractivity contribution in [2.24, 2.45) is 0 Å². The number of aliphatic hydroxyl groups is 1. The van der Waals surface area contributed by atoms with Crippen molar-refractivity contribution in [3.05, 3.63) is 86.8 Å². The smallest absolute Gasteiger partial charge is 0.144 e. The molecule has 2 aromatic carbocycles. The molecule has 3 rings (SSSR count). The zero-order valence-electron chi connectivity index (χ0n) is 10.8. The van der Waals surface area contributed by atoms with Crippen molar-refractivity contribution < 1.29 is 5.11 Å². The zero-order chi connectivity index (χ0) is 14.9. The Morgan fingerprint density at radius 3 is 2.38 bits per heavy atom. The molecule has 0 aliphatic rings. The first-order chi connectivity index (χ1) is 10.1. The molecular formula is C16H11Cl2NOS. The highest BCUT2D eigenvalue weighted by Gasteiger charge is 2.36. The number of nitrogens with zero attached hydrogens (tertiary/aromatic N) is 1. The molecule has 1 aromatic heterocycles. The van der Waals surface area contributed by atoms with Gasteiger partial charge in [-0.25, -0.2) is 4.37 Å². The average Bonchev–Trinajstić information content (AvgIpc) is 3.02. The fraction of sp³-hybridized carbons (Fsp3) is 0.0625. The van der Waals surface area contributed by atoms with Crippen molar-refractivity contribution in [3.8, 4) is 0 Å². The molecule has 0 spiro atoms. The molecule has 0 saturated heterocycles. The summed E-state index contributed by atoms with van der Waals surface area (Å²) in [6.45, 7) is 0. The second-order valence-corrected chi connectivity index (χ2v) is 6.11. The van der Waals surface area contributed by atoms with Crippen LogP contribution < -0.4 is 0 Å². The van der Waals surface area contributed by atoms with E-state index in [2.05, 4.69) is 4.37 Å². The summed E-state index contributed by atoms with van der Waals surface area (Å²) in [7, 11) is 0. The van der Waals surface area contributed by atoms with Gasteiger partial charge in [0.2, 0.25) is 0 Å². The maximum Gasteiger partial charge on any atom is 0.144 e. The van der Waals surface area contributed by atoms with Gasteiger partial charge < -0.3 is 5.11 Å². The van der Waals surface area contributed by atoms with Crippen LogP contribution in [0.1, 0.15) is 16.7 Å². The van der Waals surface area contributed by atoms with Crippen molar-refractivity contribution in [3.63, 3.8) is 0 Å². The maximum absolute atomic E-state index is 11.4. The normalized spacial score (nSPS) is 13.9. The monoisotopic (exact) mass is 335 g/mol. The summed E-state index contributed by atoms with van der Waals surface area (Å²) in [6.07, 6.45) is 1.66. The molecule has 0 fully saturated rings. The lowest BCUT2D eigenvalue weighted by molar-refractivity contribution is 0.126. The molecule has 21 heavy (non-hydrogen) atoms. The van der Waals surface area contributed by atoms with Crippen molar-refractivity contribution in [1.82, 2.24) is 4.37 Å². The van der Waals surface area contributed by atoms with Gasteiger partial charge in [0.15, 0.2) is 0 Å². The quantitative estimate of drug-likeness (QED) is 0.750. The maximum atomic E-state index is 11.4. The summed E-state index contributed by atoms with van der Waals surface area (Å²) in [4.78, 5) is 0. The number of hydrogen-bond acceptors (Lipinski definition) is 3. The molecule has 3 aromatic rings. The first kappa shape index (κ1) is 14.5. The van der Waals surface area contributed by atoms with Crippen molar-refractivity contribution >= 4 is 34.7 Å². The van der Waals surface area contributed by atoms with Crippen LogP contribution in [0, 0.1) is 0 Å². The highest BCUT2D eigenvalue weighted by molar-refractivity contribution is 7.03. The van der Waals surface area contributed by atoms with Crippen LogP contribution in [-0.4, -0.2) is 9.48 Å². The van der Waals surface area contributed by atoms with Gasteiger partial charge in [-0.05, 0) is 29.2 Å². The molecule has 5 heteroatoms. The molecule has 0 aliphatic heterocycles. The van der Waals surface area contributed by atoms with Gasteiger partial charge in [-0.3, -0.25) is 0 Å². The first-order valence-electron chi connectivity index (χ1n) is 6.25. The van der Waals surface area contributed by atoms with E-state index >= 15 is 0 Å². The molecular weight excluding hydrogens is 325 g/mol. The molecule has 1 N–H and O–H groups in total. The minimum absolute atomic E-state index is 0.417. The average molecular weight is 336 g/mol. The first-order valence-corrected chi connectivity index (χ1v) is 7.85. The highest BCUT2D eigenvalue weighted by atomic mass is 35.5. The van der Waals surface area contributed by atoms with Crippen LogP contribution in [0.5, 0.6) is 0 Å². The minimum atomic E-state index is -1.35. The summed E-state index contributed by atoms with van der Waals surface area (Å²) in [5.41, 5.74) is 0.646. The number of benzene rings is 2. The molecule has 1 atom stereocenters. The van der Waals surface area contributed by atoms with Crippen molar-refractivity contribution in [2.75, 3.05) is 0 Å². The van der Waals surface area contributed by atoms with E-state index in [4.69, 9.17) is 23.2 Å². The summed E-state index contributed by atoms with van der Waals surface area (Å²) in [6, 6.07) is 14.5. The number of rotatable bonds is 3. The third-order valence-corrected chi connectivity index (χ3v) is 4.50. The van der Waals surface area contributed by atoms with Crippen molar-refractivity contribution in [1.29, 1.82) is 0 Å². The summed E-state index contributed by atoms with van der Waals surface area (Å²) in [5.74, 6) is 0. The zero-order valence-corrected chi connectivity index (χ0v) is 13.2. The Morgan fingerprint density at radius 2 is 1.76 bits per heavy atom. The van der Waals surface area contributed by atoms with Gasteiger partial charge in [0.25, 0.3) is 0 Å². The van der Waals surface area contributed by atoms with E-state index in [-0.39, 0.29) is 0 Å². The Balaban J connectivity index is 2.27. The molecule has 0 radical (unpaired) electrons. The fourth-order valence-corrected chi connectivity index (χ4v) is 3.45. The molecule has 1 heterocycles. The predicted molar refractivity (Wildman–Crippen MR) is 87.1 cm³/mol. The number of halogens is 2. The highest BCUT2D eigenvalue weighted by Crippen LogP contribution is 2.40. The lowest BCUT2D eigenvalue weighted by atomic mass is 9.82. The third-order valence-electron chi connectivity index (χ3n) is 3.36. The molecule has 0 aliphatic carbocycles. The van der Waals surface area contributed by atoms with E-state index in [0.29, 0.717) is 21.2 Å². The lowest BCUT2D eigenvalue weighted by Crippen LogP contribution is -2.28. The lowest BCUT2D eigenvalue weighted by Gasteiger charge is -2.29. The van der Waals surface area contributed by atoms with E-state index in [9.17, 15) is 5.11 Å². The van der Waals surface area contributed by atoms with E-state index in [1.54, 1.807) is 24.4 Å². The van der Waals surface area contributed by atoms with Crippen LogP contribution in [0.15, 0.2) is 60.1 Å². The summed E-state index contributed by atoms with van der Waals surface area (Å²) in [5, 5.41) is 14.2. The third kappa shape index (κ3) is 2.58. The Labute approximate surface area is 136 Å². The van der Waals surface area contributed by atoms with Gasteiger partial charge in [0, 0.05) is 32.7 Å². The van der Waals surface area contributed by atoms with Gasteiger partial charge in [-0.1, -0.05) is 59.6 Å². The molecule has 0 amide bonds. The van der Waals surface area contributed by atoms with Gasteiger partial charge in [0.05, 0.1) is 0 Å². The molecule has 2 nitrogen and oxygen atoms in total. The number of aromatic nitrogens is 1. The van der Waals surface area contributed by atoms with Crippen LogP contribution in [0.4, 0.5) is 0 Å². The van der Waals surface area contributed by atoms with Crippen LogP contribution in [0.2, 0.25) is 10.0 Å². The summed E-state index contributed by atoms with van der Waals surface area (Å²) >= 11 is 13.6. The second-order valence-electron chi connectivity index (χ2n) is 4.61. The standard InChI is InChI=1S/C16H11Cl2NOS/c17-13-6-7-14(15(18)8-13)16(20,12-9-19-21-10-12)11-4-2-1-3-5-11/h1-10,20H. The molecule has 0 saturated carbocycles. The largest absolute Gasteiger partial charge is 0.376 e. The fourth-order valence-electron chi connectivity index (χ4n) is 2.32. The van der Waals surface area contributed by atoms with Gasteiger partial charge in [0.1, 0.15) is 5.60 Å². The van der Waals surface area contributed by atoms with Crippen molar-refractivity contribution in [2.45, 2.75) is 5.60 Å². The van der Waals surface area contributed by atoms with Gasteiger partial charge in [-0.15, -0.1) is 0 Å². The second kappa shape index (κ2) is 5.78. The summed E-state index contributed by atoms with van der Waals surface area (Å²) < 4.78 is 4.10. The predicted octanol–water partition coefficient (Wildman–Crippen LogP) is 4.73. The Hall–Kier alpha value is -1.39. The van der Waals surface area contributed by atoms with Crippen LogP contribution in [-0.2, 0) is 5.60 Å². The number of hydrogen-bond donors (Lipinski definition) is 1.